The van der Waals surface area contributed by atoms with Crippen LogP contribution in [0.4, 0.5) is 5.82 Å². The maximum atomic E-state index is 4.47. The molecule has 136 valence electrons. The normalized spacial score (nSPS) is 11.1. The number of nitrogens with one attached hydrogen (secondary N) is 1. The molecule has 0 spiro atoms. The molecule has 6 heteroatoms. The van der Waals surface area contributed by atoms with E-state index in [-0.39, 0.29) is 0 Å². The van der Waals surface area contributed by atoms with Crippen LogP contribution in [0.15, 0.2) is 79.6 Å². The zero-order chi connectivity index (χ0) is 18.8. The first kappa shape index (κ1) is 16.4. The van der Waals surface area contributed by atoms with Gasteiger partial charge in [-0.05, 0) is 24.1 Å². The molecule has 2 aromatic carbocycles. The van der Waals surface area contributed by atoms with Crippen LogP contribution in [-0.2, 0) is 6.42 Å². The van der Waals surface area contributed by atoms with Crippen molar-refractivity contribution in [3.05, 3.63) is 85.2 Å². The van der Waals surface area contributed by atoms with E-state index in [0.717, 1.165) is 46.6 Å². The van der Waals surface area contributed by atoms with Gasteiger partial charge in [0.25, 0.3) is 0 Å². The lowest BCUT2D eigenvalue weighted by Gasteiger charge is -2.10. The number of rotatable bonds is 5. The highest BCUT2D eigenvalue weighted by molar-refractivity contribution is 5.92. The van der Waals surface area contributed by atoms with Gasteiger partial charge in [-0.1, -0.05) is 36.4 Å². The van der Waals surface area contributed by atoms with Crippen LogP contribution in [0.2, 0.25) is 0 Å². The van der Waals surface area contributed by atoms with Crippen LogP contribution < -0.4 is 5.32 Å². The Bertz CT molecular complexity index is 1250. The van der Waals surface area contributed by atoms with Crippen molar-refractivity contribution in [1.29, 1.82) is 0 Å². The Hall–Kier alpha value is -3.80. The second-order valence-electron chi connectivity index (χ2n) is 6.56. The maximum Gasteiger partial charge on any atom is 0.155 e. The molecule has 5 rings (SSSR count). The maximum absolute atomic E-state index is 4.47. The van der Waals surface area contributed by atoms with E-state index in [1.165, 1.54) is 5.56 Å². The van der Waals surface area contributed by atoms with Crippen LogP contribution in [0.3, 0.4) is 0 Å². The molecule has 5 aromatic rings. The molecule has 6 nitrogen and oxygen atoms in total. The molecule has 0 saturated carbocycles. The average Bonchev–Trinajstić information content (AvgIpc) is 3.19. The number of anilines is 1. The summed E-state index contributed by atoms with van der Waals surface area (Å²) in [5.41, 5.74) is 5.11. The minimum absolute atomic E-state index is 0.807. The molecular weight excluding hydrogens is 348 g/mol. The minimum Gasteiger partial charge on any atom is -0.369 e. The third-order valence-electron chi connectivity index (χ3n) is 4.80. The smallest absolute Gasteiger partial charge is 0.155 e. The number of nitrogens with zero attached hydrogens (tertiary/aromatic N) is 5. The lowest BCUT2D eigenvalue weighted by atomic mass is 10.1. The van der Waals surface area contributed by atoms with Crippen molar-refractivity contribution in [2.45, 2.75) is 6.42 Å². The molecule has 0 atom stereocenters. The predicted molar refractivity (Wildman–Crippen MR) is 110 cm³/mol. The van der Waals surface area contributed by atoms with Crippen molar-refractivity contribution in [3.8, 4) is 11.3 Å². The summed E-state index contributed by atoms with van der Waals surface area (Å²) in [5.74, 6) is 0.846. The molecule has 0 fully saturated rings. The Balaban J connectivity index is 1.48. The summed E-state index contributed by atoms with van der Waals surface area (Å²) < 4.78 is 2.03. The van der Waals surface area contributed by atoms with Crippen molar-refractivity contribution in [2.75, 3.05) is 11.9 Å². The Morgan fingerprint density at radius 1 is 0.929 bits per heavy atom. The summed E-state index contributed by atoms with van der Waals surface area (Å²) in [5, 5.41) is 4.46. The summed E-state index contributed by atoms with van der Waals surface area (Å²) >= 11 is 0. The van der Waals surface area contributed by atoms with E-state index in [4.69, 9.17) is 0 Å². The first-order chi connectivity index (χ1) is 13.9. The van der Waals surface area contributed by atoms with E-state index < -0.39 is 0 Å². The monoisotopic (exact) mass is 366 g/mol. The van der Waals surface area contributed by atoms with Gasteiger partial charge in [-0.3, -0.25) is 9.38 Å². The lowest BCUT2D eigenvalue weighted by molar-refractivity contribution is 1.01. The molecule has 28 heavy (non-hydrogen) atoms. The zero-order valence-corrected chi connectivity index (χ0v) is 15.2. The summed E-state index contributed by atoms with van der Waals surface area (Å²) in [6.07, 6.45) is 9.84. The van der Waals surface area contributed by atoms with Crippen LogP contribution in [0.1, 0.15) is 5.56 Å². The third kappa shape index (κ3) is 3.05. The minimum atomic E-state index is 0.807. The van der Waals surface area contributed by atoms with Crippen molar-refractivity contribution >= 4 is 22.4 Å². The zero-order valence-electron chi connectivity index (χ0n) is 15.2. The van der Waals surface area contributed by atoms with Gasteiger partial charge < -0.3 is 5.32 Å². The van der Waals surface area contributed by atoms with Gasteiger partial charge in [0.2, 0.25) is 0 Å². The van der Waals surface area contributed by atoms with E-state index in [9.17, 15) is 0 Å². The van der Waals surface area contributed by atoms with E-state index in [2.05, 4.69) is 61.7 Å². The highest BCUT2D eigenvalue weighted by Gasteiger charge is 2.09. The summed E-state index contributed by atoms with van der Waals surface area (Å²) in [6.45, 7) is 0.807. The number of aromatic nitrogens is 5. The van der Waals surface area contributed by atoms with Gasteiger partial charge >= 0.3 is 0 Å². The Labute approximate surface area is 162 Å². The van der Waals surface area contributed by atoms with Gasteiger partial charge in [0, 0.05) is 29.9 Å². The van der Waals surface area contributed by atoms with Crippen LogP contribution in [0, 0.1) is 0 Å². The summed E-state index contributed by atoms with van der Waals surface area (Å²) in [6, 6.07) is 16.6. The Morgan fingerprint density at radius 3 is 2.79 bits per heavy atom. The van der Waals surface area contributed by atoms with Crippen molar-refractivity contribution in [3.63, 3.8) is 0 Å². The number of imidazole rings is 1. The number of fused-ring (bicyclic) bond motifs is 2. The quantitative estimate of drug-likeness (QED) is 0.509. The molecule has 0 bridgehead atoms. The van der Waals surface area contributed by atoms with E-state index in [1.54, 1.807) is 18.7 Å². The van der Waals surface area contributed by atoms with E-state index >= 15 is 0 Å². The highest BCUT2D eigenvalue weighted by Crippen LogP contribution is 2.27. The number of hydrogen-bond acceptors (Lipinski definition) is 5. The topological polar surface area (TPSA) is 68.0 Å². The van der Waals surface area contributed by atoms with Gasteiger partial charge in [-0.15, -0.1) is 0 Å². The fourth-order valence-corrected chi connectivity index (χ4v) is 3.38. The van der Waals surface area contributed by atoms with Crippen LogP contribution in [-0.4, -0.2) is 30.9 Å². The molecule has 0 unspecified atom stereocenters. The second-order valence-corrected chi connectivity index (χ2v) is 6.56. The first-order valence-electron chi connectivity index (χ1n) is 9.18. The molecule has 0 aliphatic heterocycles. The van der Waals surface area contributed by atoms with Crippen LogP contribution in [0.25, 0.3) is 27.8 Å². The second kappa shape index (κ2) is 7.08. The molecule has 1 N–H and O–H groups in total. The molecule has 0 saturated heterocycles. The largest absolute Gasteiger partial charge is 0.369 e. The first-order valence-corrected chi connectivity index (χ1v) is 9.18. The predicted octanol–water partition coefficient (Wildman–Crippen LogP) is 3.99. The van der Waals surface area contributed by atoms with Crippen LogP contribution in [0.5, 0.6) is 0 Å². The van der Waals surface area contributed by atoms with Gasteiger partial charge in [-0.25, -0.2) is 15.0 Å². The van der Waals surface area contributed by atoms with Gasteiger partial charge in [0.1, 0.15) is 12.1 Å². The van der Waals surface area contributed by atoms with E-state index in [0.29, 0.717) is 0 Å². The highest BCUT2D eigenvalue weighted by atomic mass is 15.0. The number of hydrogen-bond donors (Lipinski definition) is 1. The van der Waals surface area contributed by atoms with Crippen molar-refractivity contribution < 1.29 is 0 Å². The standard InChI is InChI=1S/C22H18N6/c1-2-4-16(5-3-1)8-9-24-22-18-12-17(6-7-19(18)26-15-27-22)20-13-25-21-14-23-10-11-28(20)21/h1-7,10-15H,8-9H2,(H,24,26,27). The Morgan fingerprint density at radius 2 is 1.86 bits per heavy atom. The van der Waals surface area contributed by atoms with Gasteiger partial charge in [-0.2, -0.15) is 0 Å². The molecule has 0 radical (unpaired) electrons. The van der Waals surface area contributed by atoms with Crippen molar-refractivity contribution in [1.82, 2.24) is 24.3 Å². The number of benzene rings is 2. The third-order valence-corrected chi connectivity index (χ3v) is 4.80. The van der Waals surface area contributed by atoms with Crippen LogP contribution >= 0.6 is 0 Å². The lowest BCUT2D eigenvalue weighted by Crippen LogP contribution is -2.07. The molecular formula is C22H18N6. The molecule has 0 amide bonds. The fourth-order valence-electron chi connectivity index (χ4n) is 3.38. The Kier molecular flexibility index (Phi) is 4.14. The molecule has 0 aliphatic carbocycles. The average molecular weight is 366 g/mol. The molecule has 0 aliphatic rings. The van der Waals surface area contributed by atoms with E-state index in [1.807, 2.05) is 28.9 Å². The SMILES string of the molecule is c1ccc(CCNc2ncnc3ccc(-c4cnc5cnccn45)cc23)cc1. The summed E-state index contributed by atoms with van der Waals surface area (Å²) in [4.78, 5) is 17.4. The van der Waals surface area contributed by atoms with Crippen molar-refractivity contribution in [2.24, 2.45) is 0 Å². The molecule has 3 heterocycles. The summed E-state index contributed by atoms with van der Waals surface area (Å²) in [7, 11) is 0. The van der Waals surface area contributed by atoms with Gasteiger partial charge in [0.05, 0.1) is 23.6 Å². The van der Waals surface area contributed by atoms with Gasteiger partial charge in [0.15, 0.2) is 5.65 Å². The fraction of sp³-hybridized carbons (Fsp3) is 0.0909. The molecule has 3 aromatic heterocycles.